The van der Waals surface area contributed by atoms with Gasteiger partial charge in [-0.2, -0.15) is 0 Å². The Morgan fingerprint density at radius 2 is 1.77 bits per heavy atom. The van der Waals surface area contributed by atoms with Crippen LogP contribution in [0.4, 0.5) is 4.79 Å². The van der Waals surface area contributed by atoms with E-state index in [2.05, 4.69) is 0 Å². The summed E-state index contributed by atoms with van der Waals surface area (Å²) in [5.41, 5.74) is 0. The number of esters is 1. The van der Waals surface area contributed by atoms with Crippen molar-refractivity contribution in [1.82, 2.24) is 9.80 Å². The molecule has 2 amide bonds. The van der Waals surface area contributed by atoms with Crippen molar-refractivity contribution >= 4 is 18.0 Å². The summed E-state index contributed by atoms with van der Waals surface area (Å²) in [6.07, 6.45) is 3.00. The third-order valence-electron chi connectivity index (χ3n) is 4.34. The quantitative estimate of drug-likeness (QED) is 0.728. The molecule has 0 aliphatic carbocycles. The fourth-order valence-electron chi connectivity index (χ4n) is 3.26. The highest BCUT2D eigenvalue weighted by molar-refractivity contribution is 5.85. The first-order chi connectivity index (χ1) is 10.6. The number of likely N-dealkylation sites (tertiary alicyclic amines) is 2. The van der Waals surface area contributed by atoms with Gasteiger partial charge in [0.25, 0.3) is 0 Å². The molecule has 22 heavy (non-hydrogen) atoms. The van der Waals surface area contributed by atoms with Gasteiger partial charge in [-0.1, -0.05) is 0 Å². The van der Waals surface area contributed by atoms with Crippen LogP contribution >= 0.6 is 0 Å². The van der Waals surface area contributed by atoms with E-state index in [0.29, 0.717) is 26.1 Å². The Labute approximate surface area is 130 Å². The molecule has 2 aliphatic heterocycles. The molecule has 2 rings (SSSR count). The van der Waals surface area contributed by atoms with Crippen LogP contribution in [0.5, 0.6) is 0 Å². The van der Waals surface area contributed by atoms with E-state index in [1.54, 1.807) is 16.7 Å². The van der Waals surface area contributed by atoms with E-state index in [9.17, 15) is 14.4 Å². The molecule has 0 aromatic rings. The number of carbonyl (C=O) groups excluding carboxylic acids is 3. The van der Waals surface area contributed by atoms with Gasteiger partial charge in [-0.25, -0.2) is 9.59 Å². The van der Waals surface area contributed by atoms with Gasteiger partial charge in [0, 0.05) is 25.6 Å². The summed E-state index contributed by atoms with van der Waals surface area (Å²) in [7, 11) is 1.34. The molecule has 2 fully saturated rings. The third-order valence-corrected chi connectivity index (χ3v) is 4.34. The standard InChI is InChI=1S/C15H24N2O5/c1-3-22-15(20)16-8-4-6-11(16)10-13(18)17-9-5-7-12(17)14(19)21-2/h11-12H,3-10H2,1-2H3/t11-,12-/m0/s1. The first-order valence-corrected chi connectivity index (χ1v) is 7.89. The third kappa shape index (κ3) is 3.51. The van der Waals surface area contributed by atoms with Crippen LogP contribution in [0.15, 0.2) is 0 Å². The highest BCUT2D eigenvalue weighted by Crippen LogP contribution is 2.25. The van der Waals surface area contributed by atoms with Gasteiger partial charge in [-0.05, 0) is 32.6 Å². The van der Waals surface area contributed by atoms with Crippen molar-refractivity contribution < 1.29 is 23.9 Å². The van der Waals surface area contributed by atoms with E-state index in [-0.39, 0.29) is 30.4 Å². The maximum Gasteiger partial charge on any atom is 0.410 e. The Kier molecular flexibility index (Phi) is 5.63. The number of carbonyl (C=O) groups is 3. The Morgan fingerprint density at radius 1 is 1.09 bits per heavy atom. The molecule has 0 saturated carbocycles. The molecule has 0 unspecified atom stereocenters. The number of hydrogen-bond donors (Lipinski definition) is 0. The molecule has 0 spiro atoms. The van der Waals surface area contributed by atoms with E-state index in [0.717, 1.165) is 19.3 Å². The van der Waals surface area contributed by atoms with Gasteiger partial charge in [0.1, 0.15) is 6.04 Å². The molecule has 124 valence electrons. The van der Waals surface area contributed by atoms with Crippen LogP contribution in [0.1, 0.15) is 39.0 Å². The topological polar surface area (TPSA) is 76.2 Å². The second-order valence-corrected chi connectivity index (χ2v) is 5.66. The van der Waals surface area contributed by atoms with E-state index in [1.165, 1.54) is 7.11 Å². The molecule has 0 aromatic carbocycles. The first kappa shape index (κ1) is 16.6. The van der Waals surface area contributed by atoms with Gasteiger partial charge < -0.3 is 19.3 Å². The van der Waals surface area contributed by atoms with Crippen molar-refractivity contribution in [2.75, 3.05) is 26.8 Å². The lowest BCUT2D eigenvalue weighted by Crippen LogP contribution is -2.44. The predicted molar refractivity (Wildman–Crippen MR) is 78.1 cm³/mol. The van der Waals surface area contributed by atoms with Gasteiger partial charge >= 0.3 is 12.1 Å². The van der Waals surface area contributed by atoms with E-state index < -0.39 is 6.04 Å². The summed E-state index contributed by atoms with van der Waals surface area (Å²) >= 11 is 0. The van der Waals surface area contributed by atoms with Crippen LogP contribution in [0, 0.1) is 0 Å². The normalized spacial score (nSPS) is 24.5. The van der Waals surface area contributed by atoms with Crippen molar-refractivity contribution in [2.45, 2.75) is 51.1 Å². The minimum Gasteiger partial charge on any atom is -0.467 e. The predicted octanol–water partition coefficient (Wildman–Crippen LogP) is 1.16. The van der Waals surface area contributed by atoms with Crippen LogP contribution in [-0.2, 0) is 19.1 Å². The molecular formula is C15H24N2O5. The summed E-state index contributed by atoms with van der Waals surface area (Å²) in [5.74, 6) is -0.450. The largest absolute Gasteiger partial charge is 0.467 e. The summed E-state index contributed by atoms with van der Waals surface area (Å²) in [4.78, 5) is 39.3. The molecule has 0 aromatic heterocycles. The SMILES string of the molecule is CCOC(=O)N1CCC[C@H]1CC(=O)N1CCC[C@H]1C(=O)OC. The van der Waals surface area contributed by atoms with Crippen LogP contribution in [0.2, 0.25) is 0 Å². The van der Waals surface area contributed by atoms with Gasteiger partial charge in [-0.15, -0.1) is 0 Å². The molecule has 0 radical (unpaired) electrons. The number of amides is 2. The molecule has 2 heterocycles. The molecule has 2 aliphatic rings. The average Bonchev–Trinajstić information content (AvgIpc) is 3.15. The number of hydrogen-bond acceptors (Lipinski definition) is 5. The highest BCUT2D eigenvalue weighted by Gasteiger charge is 2.38. The van der Waals surface area contributed by atoms with E-state index >= 15 is 0 Å². The Bertz CT molecular complexity index is 440. The molecule has 7 heteroatoms. The van der Waals surface area contributed by atoms with Crippen LogP contribution in [0.3, 0.4) is 0 Å². The lowest BCUT2D eigenvalue weighted by Gasteiger charge is -2.27. The second kappa shape index (κ2) is 7.47. The summed E-state index contributed by atoms with van der Waals surface area (Å²) < 4.78 is 9.79. The number of ether oxygens (including phenoxy) is 2. The summed E-state index contributed by atoms with van der Waals surface area (Å²) in [5, 5.41) is 0. The molecular weight excluding hydrogens is 288 g/mol. The van der Waals surface area contributed by atoms with Crippen molar-refractivity contribution in [2.24, 2.45) is 0 Å². The van der Waals surface area contributed by atoms with Gasteiger partial charge in [0.15, 0.2) is 0 Å². The lowest BCUT2D eigenvalue weighted by molar-refractivity contribution is -0.151. The maximum absolute atomic E-state index is 12.5. The number of rotatable bonds is 4. The fraction of sp³-hybridized carbons (Fsp3) is 0.800. The Hall–Kier alpha value is -1.79. The van der Waals surface area contributed by atoms with Crippen molar-refractivity contribution in [3.63, 3.8) is 0 Å². The first-order valence-electron chi connectivity index (χ1n) is 7.89. The van der Waals surface area contributed by atoms with Gasteiger partial charge in [-0.3, -0.25) is 4.79 Å². The van der Waals surface area contributed by atoms with E-state index in [4.69, 9.17) is 9.47 Å². The average molecular weight is 312 g/mol. The maximum atomic E-state index is 12.5. The van der Waals surface area contributed by atoms with Gasteiger partial charge in [0.2, 0.25) is 5.91 Å². The molecule has 0 bridgehead atoms. The summed E-state index contributed by atoms with van der Waals surface area (Å²) in [6, 6.07) is -0.611. The molecule has 2 atom stereocenters. The fourth-order valence-corrected chi connectivity index (χ4v) is 3.26. The second-order valence-electron chi connectivity index (χ2n) is 5.66. The molecule has 2 saturated heterocycles. The monoisotopic (exact) mass is 312 g/mol. The number of methoxy groups -OCH3 is 1. The van der Waals surface area contributed by atoms with Gasteiger partial charge in [0.05, 0.1) is 13.7 Å². The zero-order valence-electron chi connectivity index (χ0n) is 13.2. The zero-order valence-corrected chi connectivity index (χ0v) is 13.2. The number of nitrogens with zero attached hydrogens (tertiary/aromatic N) is 2. The van der Waals surface area contributed by atoms with E-state index in [1.807, 2.05) is 0 Å². The molecule has 7 nitrogen and oxygen atoms in total. The Balaban J connectivity index is 1.95. The highest BCUT2D eigenvalue weighted by atomic mass is 16.6. The van der Waals surface area contributed by atoms with Crippen molar-refractivity contribution in [1.29, 1.82) is 0 Å². The van der Waals surface area contributed by atoms with Crippen molar-refractivity contribution in [3.8, 4) is 0 Å². The van der Waals surface area contributed by atoms with Crippen LogP contribution in [-0.4, -0.2) is 66.7 Å². The summed E-state index contributed by atoms with van der Waals surface area (Å²) in [6.45, 7) is 3.29. The minimum atomic E-state index is -0.477. The smallest absolute Gasteiger partial charge is 0.410 e. The minimum absolute atomic E-state index is 0.0888. The lowest BCUT2D eigenvalue weighted by atomic mass is 10.1. The Morgan fingerprint density at radius 3 is 2.45 bits per heavy atom. The molecule has 0 N–H and O–H groups in total. The zero-order chi connectivity index (χ0) is 16.1. The van der Waals surface area contributed by atoms with Crippen LogP contribution < -0.4 is 0 Å². The van der Waals surface area contributed by atoms with Crippen molar-refractivity contribution in [3.05, 3.63) is 0 Å². The van der Waals surface area contributed by atoms with Crippen LogP contribution in [0.25, 0.3) is 0 Å².